The molecule has 0 unspecified atom stereocenters. The van der Waals surface area contributed by atoms with E-state index in [4.69, 9.17) is 9.07 Å². The number of benzene rings is 3. The van der Waals surface area contributed by atoms with Gasteiger partial charge in [-0.15, -0.1) is 0 Å². The van der Waals surface area contributed by atoms with Crippen LogP contribution in [0.5, 0.6) is 0 Å². The molecule has 0 spiro atoms. The Balaban J connectivity index is 1.44. The maximum Gasteiger partial charge on any atom is 0.328 e. The lowest BCUT2D eigenvalue weighted by atomic mass is 9.53. The minimum absolute atomic E-state index is 0.0517. The molecule has 0 amide bonds. The molecule has 0 bridgehead atoms. The van der Waals surface area contributed by atoms with Crippen LogP contribution in [0.25, 0.3) is 44.3 Å². The van der Waals surface area contributed by atoms with Gasteiger partial charge in [0.15, 0.2) is 0 Å². The first-order chi connectivity index (χ1) is 16.3. The van der Waals surface area contributed by atoms with Crippen molar-refractivity contribution in [3.05, 3.63) is 85.1 Å². The highest BCUT2D eigenvalue weighted by Crippen LogP contribution is 2.46. The largest absolute Gasteiger partial charge is 0.456 e. The fraction of sp³-hybridized carbons (Fsp3) is 0.233. The predicted octanol–water partition coefficient (Wildman–Crippen LogP) is 7.35. The van der Waals surface area contributed by atoms with E-state index in [1.165, 1.54) is 22.0 Å². The molecule has 168 valence electrons. The van der Waals surface area contributed by atoms with Crippen molar-refractivity contribution in [2.75, 3.05) is 0 Å². The van der Waals surface area contributed by atoms with Crippen LogP contribution >= 0.6 is 0 Å². The number of aromatic nitrogens is 1. The number of fused-ring (bicyclic) bond motifs is 3. The van der Waals surface area contributed by atoms with E-state index in [1.807, 2.05) is 24.4 Å². The molecular weight excluding hydrogens is 417 g/mol. The van der Waals surface area contributed by atoms with Gasteiger partial charge in [0.25, 0.3) is 0 Å². The lowest BCUT2D eigenvalue weighted by Gasteiger charge is -2.34. The molecule has 3 heterocycles. The van der Waals surface area contributed by atoms with Crippen LogP contribution in [0.4, 0.5) is 0 Å². The molecule has 3 nitrogen and oxygen atoms in total. The second-order valence-corrected chi connectivity index (χ2v) is 10.5. The molecule has 0 radical (unpaired) electrons. The summed E-state index contributed by atoms with van der Waals surface area (Å²) in [6.45, 7) is 9.05. The summed E-state index contributed by atoms with van der Waals surface area (Å²) in [6.07, 6.45) is 2.82. The van der Waals surface area contributed by atoms with Gasteiger partial charge >= 0.3 is 6.92 Å². The number of hydrogen-bond donors (Lipinski definition) is 0. The van der Waals surface area contributed by atoms with Gasteiger partial charge in [-0.2, -0.15) is 0 Å². The van der Waals surface area contributed by atoms with Gasteiger partial charge < -0.3 is 9.07 Å². The summed E-state index contributed by atoms with van der Waals surface area (Å²) in [7, 11) is 0. The fourth-order valence-corrected chi connectivity index (χ4v) is 5.11. The number of furan rings is 1. The van der Waals surface area contributed by atoms with E-state index in [9.17, 15) is 0 Å². The first-order valence-corrected chi connectivity index (χ1v) is 12.0. The first kappa shape index (κ1) is 21.2. The first-order valence-electron chi connectivity index (χ1n) is 12.0. The zero-order valence-electron chi connectivity index (χ0n) is 20.1. The minimum Gasteiger partial charge on any atom is -0.456 e. The molecule has 1 saturated heterocycles. The Morgan fingerprint density at radius 2 is 1.53 bits per heavy atom. The van der Waals surface area contributed by atoms with E-state index in [0.29, 0.717) is 0 Å². The van der Waals surface area contributed by atoms with Gasteiger partial charge in [0.05, 0.1) is 11.3 Å². The van der Waals surface area contributed by atoms with E-state index in [0.717, 1.165) is 34.1 Å². The fourth-order valence-electron chi connectivity index (χ4n) is 5.11. The molecule has 6 rings (SSSR count). The molecule has 4 heteroatoms. The third kappa shape index (κ3) is 3.36. The van der Waals surface area contributed by atoms with Crippen LogP contribution in [0.15, 0.2) is 89.5 Å². The molecule has 34 heavy (non-hydrogen) atoms. The summed E-state index contributed by atoms with van der Waals surface area (Å²) in [6, 6.07) is 27.4. The second-order valence-electron chi connectivity index (χ2n) is 10.5. The molecule has 1 aliphatic rings. The average molecular weight is 445 g/mol. The number of rotatable bonds is 3. The monoisotopic (exact) mass is 445 g/mol. The molecular formula is C30H28BNO2. The average Bonchev–Trinajstić information content (AvgIpc) is 3.32. The van der Waals surface area contributed by atoms with Crippen LogP contribution < -0.4 is 5.46 Å². The number of pyridine rings is 1. The van der Waals surface area contributed by atoms with Crippen LogP contribution in [-0.2, 0) is 4.65 Å². The van der Waals surface area contributed by atoms with E-state index in [2.05, 4.69) is 93.3 Å². The van der Waals surface area contributed by atoms with Crippen LogP contribution in [0.2, 0.25) is 6.32 Å². The third-order valence-corrected chi connectivity index (χ3v) is 7.82. The van der Waals surface area contributed by atoms with Gasteiger partial charge in [0, 0.05) is 22.5 Å². The zero-order chi connectivity index (χ0) is 23.5. The van der Waals surface area contributed by atoms with Gasteiger partial charge in [-0.05, 0) is 72.5 Å². The summed E-state index contributed by atoms with van der Waals surface area (Å²) >= 11 is 0. The van der Waals surface area contributed by atoms with Crippen LogP contribution in [-0.4, -0.2) is 17.5 Å². The standard InChI is InChI=1S/C30H28BNO2/c1-29(2)19-31(34-30(29,3)4)24-8-7-10-27-28(24)23-18-22(15-16-26(23)33-27)20-11-13-21(14-12-20)25-9-5-6-17-32-25/h5-18H,19H2,1-4H3. The maximum atomic E-state index is 6.60. The summed E-state index contributed by atoms with van der Waals surface area (Å²) < 4.78 is 12.9. The third-order valence-electron chi connectivity index (χ3n) is 7.82. The summed E-state index contributed by atoms with van der Waals surface area (Å²) in [5, 5.41) is 2.31. The quantitative estimate of drug-likeness (QED) is 0.273. The van der Waals surface area contributed by atoms with Crippen molar-refractivity contribution in [3.8, 4) is 22.4 Å². The molecule has 0 N–H and O–H groups in total. The second kappa shape index (κ2) is 7.58. The molecule has 1 fully saturated rings. The topological polar surface area (TPSA) is 35.3 Å². The highest BCUT2D eigenvalue weighted by Gasteiger charge is 2.50. The lowest BCUT2D eigenvalue weighted by molar-refractivity contribution is 0.0376. The van der Waals surface area contributed by atoms with E-state index >= 15 is 0 Å². The Morgan fingerprint density at radius 1 is 0.765 bits per heavy atom. The Bertz CT molecular complexity index is 1480. The van der Waals surface area contributed by atoms with Crippen LogP contribution in [0.1, 0.15) is 27.7 Å². The Morgan fingerprint density at radius 3 is 2.24 bits per heavy atom. The summed E-state index contributed by atoms with van der Waals surface area (Å²) in [4.78, 5) is 4.46. The SMILES string of the molecule is CC1(C)CB(c2cccc3oc4ccc(-c5ccc(-c6ccccn6)cc5)cc4c23)OC1(C)C. The van der Waals surface area contributed by atoms with E-state index < -0.39 is 0 Å². The van der Waals surface area contributed by atoms with Gasteiger partial charge in [0.2, 0.25) is 0 Å². The molecule has 0 saturated carbocycles. The van der Waals surface area contributed by atoms with Crippen molar-refractivity contribution in [2.45, 2.75) is 39.6 Å². The smallest absolute Gasteiger partial charge is 0.328 e. The number of hydrogen-bond acceptors (Lipinski definition) is 3. The molecule has 5 aromatic rings. The van der Waals surface area contributed by atoms with Crippen molar-refractivity contribution in [3.63, 3.8) is 0 Å². The Labute approximate surface area is 200 Å². The van der Waals surface area contributed by atoms with Gasteiger partial charge in [0.1, 0.15) is 11.2 Å². The van der Waals surface area contributed by atoms with Crippen molar-refractivity contribution in [1.82, 2.24) is 4.98 Å². The van der Waals surface area contributed by atoms with Crippen molar-refractivity contribution >= 4 is 34.3 Å². The molecule has 2 aromatic heterocycles. The van der Waals surface area contributed by atoms with Crippen LogP contribution in [0.3, 0.4) is 0 Å². The van der Waals surface area contributed by atoms with Gasteiger partial charge in [-0.3, -0.25) is 4.98 Å². The predicted molar refractivity (Wildman–Crippen MR) is 142 cm³/mol. The summed E-state index contributed by atoms with van der Waals surface area (Å²) in [5.74, 6) is 0. The van der Waals surface area contributed by atoms with Gasteiger partial charge in [-0.25, -0.2) is 0 Å². The normalized spacial score (nSPS) is 17.0. The van der Waals surface area contributed by atoms with Crippen molar-refractivity contribution in [2.24, 2.45) is 5.41 Å². The van der Waals surface area contributed by atoms with Crippen molar-refractivity contribution in [1.29, 1.82) is 0 Å². The minimum atomic E-state index is -0.181. The van der Waals surface area contributed by atoms with Crippen LogP contribution in [0, 0.1) is 5.41 Å². The summed E-state index contributed by atoms with van der Waals surface area (Å²) in [5.41, 5.74) is 7.41. The van der Waals surface area contributed by atoms with Gasteiger partial charge in [-0.1, -0.05) is 62.4 Å². The Hall–Kier alpha value is -3.37. The Kier molecular flexibility index (Phi) is 4.72. The lowest BCUT2D eigenvalue weighted by Crippen LogP contribution is -2.36. The van der Waals surface area contributed by atoms with E-state index in [-0.39, 0.29) is 17.9 Å². The number of nitrogens with zero attached hydrogens (tertiary/aromatic N) is 1. The molecule has 0 aliphatic carbocycles. The zero-order valence-corrected chi connectivity index (χ0v) is 20.1. The molecule has 3 aromatic carbocycles. The highest BCUT2D eigenvalue weighted by atomic mass is 16.5. The van der Waals surface area contributed by atoms with E-state index in [1.54, 1.807) is 0 Å². The molecule has 0 atom stereocenters. The maximum absolute atomic E-state index is 6.60. The highest BCUT2D eigenvalue weighted by molar-refractivity contribution is 6.71. The molecule has 1 aliphatic heterocycles. The van der Waals surface area contributed by atoms with Crippen molar-refractivity contribution < 1.29 is 9.07 Å².